The average Bonchev–Trinajstić information content (AvgIpc) is 3.46. The molecule has 2 aliphatic heterocycles. The number of hydrazone groups is 1. The Hall–Kier alpha value is -2.73. The maximum atomic E-state index is 6.47. The summed E-state index contributed by atoms with van der Waals surface area (Å²) in [7, 11) is 0. The molecule has 3 heterocycles. The highest BCUT2D eigenvalue weighted by Gasteiger charge is 2.41. The highest BCUT2D eigenvalue weighted by atomic mass is 79.9. The normalized spacial score (nSPS) is 19.0. The Kier molecular flexibility index (Phi) is 6.45. The molecule has 0 unspecified atom stereocenters. The Labute approximate surface area is 203 Å². The summed E-state index contributed by atoms with van der Waals surface area (Å²) in [5.74, 6) is 3.50. The number of fused-ring (bicyclic) bond motifs is 3. The van der Waals surface area contributed by atoms with Gasteiger partial charge in [0.25, 0.3) is 0 Å². The van der Waals surface area contributed by atoms with Gasteiger partial charge in [-0.2, -0.15) is 5.10 Å². The van der Waals surface area contributed by atoms with Crippen LogP contribution in [0.3, 0.4) is 0 Å². The molecule has 0 aliphatic carbocycles. The smallest absolute Gasteiger partial charge is 0.213 e. The van der Waals surface area contributed by atoms with Gasteiger partial charge in [0.15, 0.2) is 0 Å². The van der Waals surface area contributed by atoms with Crippen LogP contribution in [-0.2, 0) is 0 Å². The summed E-state index contributed by atoms with van der Waals surface area (Å²) in [4.78, 5) is 0. The number of benzene rings is 2. The van der Waals surface area contributed by atoms with Gasteiger partial charge in [0, 0.05) is 22.0 Å². The Bertz CT molecular complexity index is 1140. The van der Waals surface area contributed by atoms with Gasteiger partial charge in [-0.05, 0) is 67.9 Å². The molecule has 0 saturated carbocycles. The third kappa shape index (κ3) is 4.67. The van der Waals surface area contributed by atoms with Gasteiger partial charge in [-0.1, -0.05) is 42.1 Å². The van der Waals surface area contributed by atoms with E-state index in [0.717, 1.165) is 63.8 Å². The lowest BCUT2D eigenvalue weighted by atomic mass is 9.97. The van der Waals surface area contributed by atoms with Crippen molar-refractivity contribution in [1.29, 1.82) is 0 Å². The number of unbranched alkanes of at least 4 members (excludes halogenated alkanes) is 3. The quantitative estimate of drug-likeness (QED) is 0.294. The minimum absolute atomic E-state index is 0.0890. The van der Waals surface area contributed by atoms with E-state index < -0.39 is 0 Å². The highest BCUT2D eigenvalue weighted by Crippen LogP contribution is 2.48. The summed E-state index contributed by atoms with van der Waals surface area (Å²) in [6, 6.07) is 18.5. The standard InChI is InChI=1S/C27H29BrN2O3/c1-3-4-5-6-15-31-21-11-8-19(9-12-21)27-30-24(22-16-20(28)10-14-25(22)33-27)17-23(29-30)26-13-7-18(2)32-26/h7-14,16,24,27H,3-6,15,17H2,1-2H3/t24-,27+/m0/s1. The molecule has 2 atom stereocenters. The second kappa shape index (κ2) is 9.64. The third-order valence-electron chi connectivity index (χ3n) is 6.21. The number of ether oxygens (including phenoxy) is 2. The number of furan rings is 1. The summed E-state index contributed by atoms with van der Waals surface area (Å²) in [6.07, 6.45) is 5.26. The molecule has 2 aliphatic rings. The summed E-state index contributed by atoms with van der Waals surface area (Å²) in [5.41, 5.74) is 3.13. The minimum Gasteiger partial charge on any atom is -0.494 e. The predicted octanol–water partition coefficient (Wildman–Crippen LogP) is 7.55. The number of nitrogens with zero attached hydrogens (tertiary/aromatic N) is 2. The fourth-order valence-electron chi connectivity index (χ4n) is 4.46. The molecule has 0 N–H and O–H groups in total. The Morgan fingerprint density at radius 2 is 1.91 bits per heavy atom. The van der Waals surface area contributed by atoms with Gasteiger partial charge in [0.2, 0.25) is 6.23 Å². The van der Waals surface area contributed by atoms with Crippen LogP contribution in [0.15, 0.2) is 68.6 Å². The predicted molar refractivity (Wildman–Crippen MR) is 133 cm³/mol. The third-order valence-corrected chi connectivity index (χ3v) is 6.70. The lowest BCUT2D eigenvalue weighted by molar-refractivity contribution is -0.0191. The van der Waals surface area contributed by atoms with Crippen molar-refractivity contribution in [3.63, 3.8) is 0 Å². The molecule has 5 rings (SSSR count). The first kappa shape index (κ1) is 22.1. The van der Waals surface area contributed by atoms with Crippen molar-refractivity contribution in [3.05, 3.63) is 81.7 Å². The van der Waals surface area contributed by atoms with E-state index >= 15 is 0 Å². The van der Waals surface area contributed by atoms with Crippen LogP contribution in [0.5, 0.6) is 11.5 Å². The lowest BCUT2D eigenvalue weighted by Crippen LogP contribution is -2.33. The zero-order valence-electron chi connectivity index (χ0n) is 19.1. The van der Waals surface area contributed by atoms with E-state index in [1.807, 2.05) is 43.3 Å². The molecule has 0 saturated heterocycles. The zero-order valence-corrected chi connectivity index (χ0v) is 20.7. The van der Waals surface area contributed by atoms with Crippen LogP contribution >= 0.6 is 15.9 Å². The van der Waals surface area contributed by atoms with E-state index in [9.17, 15) is 0 Å². The molecule has 6 heteroatoms. The van der Waals surface area contributed by atoms with Crippen molar-refractivity contribution >= 4 is 21.6 Å². The first-order valence-corrected chi connectivity index (χ1v) is 12.5. The van der Waals surface area contributed by atoms with E-state index in [4.69, 9.17) is 19.0 Å². The fraction of sp³-hybridized carbons (Fsp3) is 0.370. The molecule has 0 fully saturated rings. The molecular weight excluding hydrogens is 480 g/mol. The summed E-state index contributed by atoms with van der Waals surface area (Å²) >= 11 is 3.61. The number of halogens is 1. The van der Waals surface area contributed by atoms with Gasteiger partial charge in [-0.15, -0.1) is 0 Å². The van der Waals surface area contributed by atoms with E-state index in [-0.39, 0.29) is 12.3 Å². The summed E-state index contributed by atoms with van der Waals surface area (Å²) in [5, 5.41) is 7.04. The second-order valence-electron chi connectivity index (χ2n) is 8.69. The largest absolute Gasteiger partial charge is 0.494 e. The van der Waals surface area contributed by atoms with Crippen molar-refractivity contribution in [2.45, 2.75) is 58.2 Å². The van der Waals surface area contributed by atoms with E-state index in [1.54, 1.807) is 0 Å². The van der Waals surface area contributed by atoms with Crippen LogP contribution < -0.4 is 9.47 Å². The van der Waals surface area contributed by atoms with E-state index in [1.165, 1.54) is 19.3 Å². The molecule has 2 aromatic carbocycles. The first-order valence-electron chi connectivity index (χ1n) is 11.7. The molecule has 3 aromatic rings. The van der Waals surface area contributed by atoms with Crippen molar-refractivity contribution < 1.29 is 13.9 Å². The van der Waals surface area contributed by atoms with Crippen molar-refractivity contribution in [2.24, 2.45) is 5.10 Å². The second-order valence-corrected chi connectivity index (χ2v) is 9.60. The van der Waals surface area contributed by atoms with Gasteiger partial charge >= 0.3 is 0 Å². The number of aryl methyl sites for hydroxylation is 1. The number of hydrogen-bond acceptors (Lipinski definition) is 5. The van der Waals surface area contributed by atoms with Gasteiger partial charge in [0.05, 0.1) is 12.6 Å². The number of hydrogen-bond donors (Lipinski definition) is 0. The van der Waals surface area contributed by atoms with Crippen LogP contribution in [0.2, 0.25) is 0 Å². The van der Waals surface area contributed by atoms with Crippen LogP contribution in [0, 0.1) is 6.92 Å². The van der Waals surface area contributed by atoms with Gasteiger partial charge in [0.1, 0.15) is 28.7 Å². The Balaban J connectivity index is 1.39. The van der Waals surface area contributed by atoms with Crippen molar-refractivity contribution in [2.75, 3.05) is 6.61 Å². The van der Waals surface area contributed by atoms with E-state index in [0.29, 0.717) is 0 Å². The molecule has 33 heavy (non-hydrogen) atoms. The fourth-order valence-corrected chi connectivity index (χ4v) is 4.84. The van der Waals surface area contributed by atoms with Crippen molar-refractivity contribution in [1.82, 2.24) is 5.01 Å². The van der Waals surface area contributed by atoms with Crippen LogP contribution in [0.25, 0.3) is 0 Å². The molecule has 1 aromatic heterocycles. The lowest BCUT2D eigenvalue weighted by Gasteiger charge is -2.38. The van der Waals surface area contributed by atoms with E-state index in [2.05, 4.69) is 46.1 Å². The van der Waals surface area contributed by atoms with Gasteiger partial charge in [-0.25, -0.2) is 5.01 Å². The summed E-state index contributed by atoms with van der Waals surface area (Å²) in [6.45, 7) is 4.93. The average molecular weight is 509 g/mol. The number of rotatable bonds is 8. The first-order chi connectivity index (χ1) is 16.1. The van der Waals surface area contributed by atoms with Crippen LogP contribution in [-0.4, -0.2) is 17.3 Å². The monoisotopic (exact) mass is 508 g/mol. The molecule has 172 valence electrons. The van der Waals surface area contributed by atoms with Gasteiger partial charge < -0.3 is 13.9 Å². The SMILES string of the molecule is CCCCCCOc1ccc([C@H]2Oc3ccc(Br)cc3[C@@H]3CC(c4ccc(C)o4)=NN23)cc1. The molecule has 0 amide bonds. The van der Waals surface area contributed by atoms with Crippen molar-refractivity contribution in [3.8, 4) is 11.5 Å². The van der Waals surface area contributed by atoms with Crippen LogP contribution in [0.4, 0.5) is 0 Å². The Morgan fingerprint density at radius 3 is 2.67 bits per heavy atom. The summed E-state index contributed by atoms with van der Waals surface area (Å²) < 4.78 is 19.3. The maximum absolute atomic E-state index is 6.47. The topological polar surface area (TPSA) is 47.2 Å². The molecular formula is C27H29BrN2O3. The zero-order chi connectivity index (χ0) is 22.8. The van der Waals surface area contributed by atoms with Crippen LogP contribution in [0.1, 0.15) is 73.9 Å². The van der Waals surface area contributed by atoms with Gasteiger partial charge in [-0.3, -0.25) is 0 Å². The minimum atomic E-state index is -0.309. The highest BCUT2D eigenvalue weighted by molar-refractivity contribution is 9.10. The molecule has 0 radical (unpaired) electrons. The maximum Gasteiger partial charge on any atom is 0.213 e. The Morgan fingerprint density at radius 1 is 1.06 bits per heavy atom. The molecule has 0 spiro atoms. The molecule has 0 bridgehead atoms. The molecule has 5 nitrogen and oxygen atoms in total.